The molecule has 4 rings (SSSR count). The summed E-state index contributed by atoms with van der Waals surface area (Å²) in [4.78, 5) is 23.9. The molecule has 35 heavy (non-hydrogen) atoms. The second kappa shape index (κ2) is 10.4. The molecule has 10 atom stereocenters. The van der Waals surface area contributed by atoms with E-state index in [-0.39, 0.29) is 29.6 Å². The molecule has 0 amide bonds. The maximum atomic E-state index is 12.2. The van der Waals surface area contributed by atoms with Crippen LogP contribution in [0.5, 0.6) is 0 Å². The molecule has 0 unspecified atom stereocenters. The lowest BCUT2D eigenvalue weighted by Gasteiger charge is -2.62. The van der Waals surface area contributed by atoms with Crippen molar-refractivity contribution in [2.24, 2.45) is 52.3 Å². The Labute approximate surface area is 214 Å². The van der Waals surface area contributed by atoms with Crippen molar-refractivity contribution in [3.63, 3.8) is 0 Å². The van der Waals surface area contributed by atoms with Crippen molar-refractivity contribution >= 4 is 11.9 Å². The molecule has 4 saturated carbocycles. The molecular formula is C31H52O4. The highest BCUT2D eigenvalue weighted by Crippen LogP contribution is 2.68. The third-order valence-corrected chi connectivity index (χ3v) is 11.5. The van der Waals surface area contributed by atoms with Gasteiger partial charge in [0.1, 0.15) is 12.2 Å². The molecule has 4 aliphatic carbocycles. The third-order valence-electron chi connectivity index (χ3n) is 11.5. The number of carbonyl (C=O) groups is 2. The van der Waals surface area contributed by atoms with E-state index in [1.165, 1.54) is 51.9 Å². The lowest BCUT2D eigenvalue weighted by Crippen LogP contribution is -2.59. The van der Waals surface area contributed by atoms with Gasteiger partial charge in [-0.25, -0.2) is 0 Å². The second-order valence-electron chi connectivity index (χ2n) is 13.9. The zero-order valence-corrected chi connectivity index (χ0v) is 23.6. The SMILES string of the molecule is CC(=O)O[C@H]1CC[C@]2(C)[C@@H]3CC[C@@]4(C)[C@H](CC[C@H]4[C@H](C)CCCC(C)C)[C@H]3C[C@H](OC(C)=O)[C@H]2C1. The Morgan fingerprint density at radius 1 is 0.800 bits per heavy atom. The molecule has 4 aliphatic rings. The van der Waals surface area contributed by atoms with Gasteiger partial charge in [0.2, 0.25) is 0 Å². The second-order valence-corrected chi connectivity index (χ2v) is 13.9. The van der Waals surface area contributed by atoms with Crippen LogP contribution in [0.4, 0.5) is 0 Å². The summed E-state index contributed by atoms with van der Waals surface area (Å²) in [6, 6.07) is 0. The summed E-state index contributed by atoms with van der Waals surface area (Å²) < 4.78 is 11.7. The quantitative estimate of drug-likeness (QED) is 0.347. The molecule has 0 aromatic rings. The normalized spacial score (nSPS) is 43.6. The molecule has 0 bridgehead atoms. The molecule has 0 saturated heterocycles. The van der Waals surface area contributed by atoms with Crippen molar-refractivity contribution in [1.29, 1.82) is 0 Å². The van der Waals surface area contributed by atoms with Gasteiger partial charge in [0, 0.05) is 19.8 Å². The summed E-state index contributed by atoms with van der Waals surface area (Å²) in [6.45, 7) is 15.4. The molecule has 0 aromatic heterocycles. The van der Waals surface area contributed by atoms with Gasteiger partial charge >= 0.3 is 11.9 Å². The fourth-order valence-electron chi connectivity index (χ4n) is 9.94. The van der Waals surface area contributed by atoms with Crippen LogP contribution in [-0.2, 0) is 19.1 Å². The number of esters is 2. The fraction of sp³-hybridized carbons (Fsp3) is 0.935. The summed E-state index contributed by atoms with van der Waals surface area (Å²) in [5.41, 5.74) is 0.597. The number of ether oxygens (including phenoxy) is 2. The number of fused-ring (bicyclic) bond motifs is 5. The Kier molecular flexibility index (Phi) is 7.99. The molecule has 4 fully saturated rings. The first-order chi connectivity index (χ1) is 16.5. The summed E-state index contributed by atoms with van der Waals surface area (Å²) >= 11 is 0. The van der Waals surface area contributed by atoms with Crippen molar-refractivity contribution in [3.8, 4) is 0 Å². The summed E-state index contributed by atoms with van der Waals surface area (Å²) in [5, 5.41) is 0. The minimum atomic E-state index is -0.190. The maximum absolute atomic E-state index is 12.2. The molecule has 0 aromatic carbocycles. The van der Waals surface area contributed by atoms with Crippen molar-refractivity contribution in [3.05, 3.63) is 0 Å². The van der Waals surface area contributed by atoms with Gasteiger partial charge in [0.05, 0.1) is 0 Å². The molecular weight excluding hydrogens is 436 g/mol. The van der Waals surface area contributed by atoms with E-state index in [9.17, 15) is 9.59 Å². The van der Waals surface area contributed by atoms with Crippen LogP contribution in [0.15, 0.2) is 0 Å². The number of carbonyl (C=O) groups excluding carboxylic acids is 2. The first kappa shape index (κ1) is 27.0. The molecule has 4 heteroatoms. The minimum Gasteiger partial charge on any atom is -0.463 e. The minimum absolute atomic E-state index is 0.0309. The van der Waals surface area contributed by atoms with Gasteiger partial charge in [0.15, 0.2) is 0 Å². The maximum Gasteiger partial charge on any atom is 0.302 e. The summed E-state index contributed by atoms with van der Waals surface area (Å²) in [7, 11) is 0. The molecule has 200 valence electrons. The van der Waals surface area contributed by atoms with E-state index in [2.05, 4.69) is 34.6 Å². The first-order valence-corrected chi connectivity index (χ1v) is 14.8. The van der Waals surface area contributed by atoms with Crippen molar-refractivity contribution in [2.45, 2.75) is 131 Å². The van der Waals surface area contributed by atoms with Crippen molar-refractivity contribution in [2.75, 3.05) is 0 Å². The predicted molar refractivity (Wildman–Crippen MR) is 140 cm³/mol. The van der Waals surface area contributed by atoms with Crippen LogP contribution in [0.25, 0.3) is 0 Å². The Morgan fingerprint density at radius 2 is 1.46 bits per heavy atom. The average molecular weight is 489 g/mol. The summed E-state index contributed by atoms with van der Waals surface area (Å²) in [5.74, 6) is 4.48. The molecule has 0 N–H and O–H groups in total. The van der Waals surface area contributed by atoms with Crippen molar-refractivity contribution < 1.29 is 19.1 Å². The van der Waals surface area contributed by atoms with E-state index in [1.54, 1.807) is 6.92 Å². The Hall–Kier alpha value is -1.06. The van der Waals surface area contributed by atoms with Crippen LogP contribution in [0.1, 0.15) is 119 Å². The standard InChI is InChI=1S/C31H52O4/c1-19(2)9-8-10-20(3)25-11-12-26-24-18-29(35-22(5)33)28-17-23(34-21(4)32)13-15-31(28,7)27(24)14-16-30(25,26)6/h19-20,23-29H,8-18H2,1-7H3/t20-,23+,24-,25+,26-,27-,28-,29+,30-,31-/m1/s1. The predicted octanol–water partition coefficient (Wildman–Crippen LogP) is 7.58. The van der Waals surface area contributed by atoms with Crippen molar-refractivity contribution in [1.82, 2.24) is 0 Å². The van der Waals surface area contributed by atoms with Crippen LogP contribution < -0.4 is 0 Å². The highest BCUT2D eigenvalue weighted by Gasteiger charge is 2.63. The van der Waals surface area contributed by atoms with Gasteiger partial charge in [-0.1, -0.05) is 53.9 Å². The summed E-state index contributed by atoms with van der Waals surface area (Å²) in [6.07, 6.45) is 13.3. The van der Waals surface area contributed by atoms with Gasteiger partial charge < -0.3 is 9.47 Å². The Bertz CT molecular complexity index is 776. The highest BCUT2D eigenvalue weighted by molar-refractivity contribution is 5.66. The van der Waals surface area contributed by atoms with Crippen LogP contribution in [-0.4, -0.2) is 24.1 Å². The lowest BCUT2D eigenvalue weighted by atomic mass is 9.43. The topological polar surface area (TPSA) is 52.6 Å². The van der Waals surface area contributed by atoms with E-state index in [0.29, 0.717) is 23.2 Å². The molecule has 0 radical (unpaired) electrons. The Morgan fingerprint density at radius 3 is 2.11 bits per heavy atom. The first-order valence-electron chi connectivity index (χ1n) is 14.8. The van der Waals surface area contributed by atoms with E-state index in [0.717, 1.165) is 49.4 Å². The van der Waals surface area contributed by atoms with E-state index in [4.69, 9.17) is 9.47 Å². The van der Waals surface area contributed by atoms with Gasteiger partial charge in [-0.2, -0.15) is 0 Å². The van der Waals surface area contributed by atoms with E-state index in [1.807, 2.05) is 0 Å². The third kappa shape index (κ3) is 5.19. The van der Waals surface area contributed by atoms with Crippen LogP contribution in [0, 0.1) is 52.3 Å². The number of hydrogen-bond acceptors (Lipinski definition) is 4. The van der Waals surface area contributed by atoms with Crippen LogP contribution in [0.3, 0.4) is 0 Å². The van der Waals surface area contributed by atoms with E-state index < -0.39 is 0 Å². The Balaban J connectivity index is 1.54. The molecule has 0 aliphatic heterocycles. The molecule has 4 nitrogen and oxygen atoms in total. The fourth-order valence-corrected chi connectivity index (χ4v) is 9.94. The van der Waals surface area contributed by atoms with E-state index >= 15 is 0 Å². The monoisotopic (exact) mass is 488 g/mol. The average Bonchev–Trinajstić information content (AvgIpc) is 3.11. The van der Waals surface area contributed by atoms with Crippen LogP contribution in [0.2, 0.25) is 0 Å². The molecule has 0 heterocycles. The zero-order chi connectivity index (χ0) is 25.5. The zero-order valence-electron chi connectivity index (χ0n) is 23.6. The van der Waals surface area contributed by atoms with Gasteiger partial charge in [0.25, 0.3) is 0 Å². The highest BCUT2D eigenvalue weighted by atomic mass is 16.5. The number of rotatable bonds is 7. The van der Waals surface area contributed by atoms with Gasteiger partial charge in [-0.3, -0.25) is 9.59 Å². The largest absolute Gasteiger partial charge is 0.463 e. The lowest BCUT2D eigenvalue weighted by molar-refractivity contribution is -0.197. The van der Waals surface area contributed by atoms with Gasteiger partial charge in [-0.15, -0.1) is 0 Å². The smallest absolute Gasteiger partial charge is 0.302 e. The van der Waals surface area contributed by atoms with Gasteiger partial charge in [-0.05, 0) is 97.7 Å². The van der Waals surface area contributed by atoms with Crippen LogP contribution >= 0.6 is 0 Å². The molecule has 0 spiro atoms. The number of hydrogen-bond donors (Lipinski definition) is 0.